The Balaban J connectivity index is 1.70. The predicted molar refractivity (Wildman–Crippen MR) is 110 cm³/mol. The first-order valence-corrected chi connectivity index (χ1v) is 9.82. The molecule has 7 nitrogen and oxygen atoms in total. The van der Waals surface area contributed by atoms with Crippen LogP contribution in [0.5, 0.6) is 5.75 Å². The van der Waals surface area contributed by atoms with Crippen LogP contribution in [0.2, 0.25) is 0 Å². The second-order valence-electron chi connectivity index (χ2n) is 7.21. The van der Waals surface area contributed by atoms with E-state index in [0.717, 1.165) is 11.3 Å². The summed E-state index contributed by atoms with van der Waals surface area (Å²) in [4.78, 5) is 12.5. The maximum Gasteiger partial charge on any atom is 0.234 e. The number of carbonyl (C=O) groups excluding carboxylic acids is 1. The van der Waals surface area contributed by atoms with Gasteiger partial charge in [0, 0.05) is 0 Å². The monoisotopic (exact) mass is 397 g/mol. The zero-order valence-corrected chi connectivity index (χ0v) is 17.2. The zero-order chi connectivity index (χ0) is 20.1. The number of benzene rings is 2. The molecule has 0 saturated heterocycles. The van der Waals surface area contributed by atoms with Gasteiger partial charge in [-0.15, -0.1) is 5.10 Å². The number of carbonyl (C=O) groups is 1. The minimum absolute atomic E-state index is 0.0295. The van der Waals surface area contributed by atoms with Crippen molar-refractivity contribution in [1.29, 1.82) is 0 Å². The Hall–Kier alpha value is -2.87. The molecule has 0 atom stereocenters. The fourth-order valence-corrected chi connectivity index (χ4v) is 3.28. The summed E-state index contributed by atoms with van der Waals surface area (Å²) in [5.74, 6) is 0.647. The second kappa shape index (κ2) is 8.43. The highest BCUT2D eigenvalue weighted by atomic mass is 32.2. The normalized spacial score (nSPS) is 11.3. The number of nitrogens with zero attached hydrogens (tertiary/aromatic N) is 4. The Morgan fingerprint density at radius 3 is 2.61 bits per heavy atom. The van der Waals surface area contributed by atoms with Crippen molar-refractivity contribution in [1.82, 2.24) is 20.2 Å². The number of para-hydroxylation sites is 1. The molecule has 0 unspecified atom stereocenters. The van der Waals surface area contributed by atoms with E-state index in [9.17, 15) is 4.79 Å². The summed E-state index contributed by atoms with van der Waals surface area (Å²) in [5.41, 5.74) is 2.58. The molecule has 0 fully saturated rings. The Kier molecular flexibility index (Phi) is 5.99. The van der Waals surface area contributed by atoms with Crippen LogP contribution in [0.15, 0.2) is 53.7 Å². The molecule has 3 rings (SSSR count). The molecule has 0 saturated carbocycles. The number of methoxy groups -OCH3 is 1. The van der Waals surface area contributed by atoms with E-state index in [4.69, 9.17) is 4.74 Å². The topological polar surface area (TPSA) is 81.9 Å². The van der Waals surface area contributed by atoms with E-state index >= 15 is 0 Å². The molecule has 0 aliphatic rings. The third-order valence-electron chi connectivity index (χ3n) is 4.11. The lowest BCUT2D eigenvalue weighted by Crippen LogP contribution is -2.17. The van der Waals surface area contributed by atoms with Crippen LogP contribution in [-0.2, 0) is 10.2 Å². The van der Waals surface area contributed by atoms with Crippen molar-refractivity contribution in [2.45, 2.75) is 31.3 Å². The van der Waals surface area contributed by atoms with Crippen molar-refractivity contribution < 1.29 is 9.53 Å². The first-order valence-electron chi connectivity index (χ1n) is 8.83. The summed E-state index contributed by atoms with van der Waals surface area (Å²) < 4.78 is 6.99. The molecule has 0 bridgehead atoms. The summed E-state index contributed by atoms with van der Waals surface area (Å²) in [6.45, 7) is 6.37. The number of amides is 1. The smallest absolute Gasteiger partial charge is 0.234 e. The average molecular weight is 398 g/mol. The number of rotatable bonds is 6. The molecule has 8 heteroatoms. The van der Waals surface area contributed by atoms with Crippen LogP contribution in [0.1, 0.15) is 26.3 Å². The van der Waals surface area contributed by atoms with Crippen LogP contribution >= 0.6 is 11.8 Å². The molecule has 2 aromatic carbocycles. The molecule has 1 amide bonds. The van der Waals surface area contributed by atoms with Gasteiger partial charge in [-0.1, -0.05) is 56.8 Å². The van der Waals surface area contributed by atoms with Gasteiger partial charge in [-0.05, 0) is 45.7 Å². The van der Waals surface area contributed by atoms with Crippen molar-refractivity contribution in [2.24, 2.45) is 0 Å². The van der Waals surface area contributed by atoms with Crippen LogP contribution in [0, 0.1) is 0 Å². The highest BCUT2D eigenvalue weighted by Gasteiger charge is 2.18. The maximum atomic E-state index is 12.5. The van der Waals surface area contributed by atoms with Gasteiger partial charge >= 0.3 is 0 Å². The van der Waals surface area contributed by atoms with E-state index in [1.54, 1.807) is 11.8 Å². The largest absolute Gasteiger partial charge is 0.495 e. The average Bonchev–Trinajstić information content (AvgIpc) is 3.15. The van der Waals surface area contributed by atoms with Crippen LogP contribution in [0.3, 0.4) is 0 Å². The molecule has 1 heterocycles. The molecule has 3 aromatic rings. The fraction of sp³-hybridized carbons (Fsp3) is 0.300. The van der Waals surface area contributed by atoms with Gasteiger partial charge in [-0.3, -0.25) is 4.79 Å². The molecule has 1 aromatic heterocycles. The third-order valence-corrected chi connectivity index (χ3v) is 5.03. The van der Waals surface area contributed by atoms with E-state index in [1.165, 1.54) is 11.8 Å². The molecule has 1 N–H and O–H groups in total. The number of hydrogen-bond acceptors (Lipinski definition) is 6. The molecular formula is C20H23N5O2S. The van der Waals surface area contributed by atoms with Crippen LogP contribution in [0.4, 0.5) is 5.69 Å². The summed E-state index contributed by atoms with van der Waals surface area (Å²) in [5, 5.41) is 15.2. The van der Waals surface area contributed by atoms with Gasteiger partial charge in [-0.2, -0.15) is 4.68 Å². The number of aromatic nitrogens is 4. The quantitative estimate of drug-likeness (QED) is 0.639. The minimum Gasteiger partial charge on any atom is -0.495 e. The number of anilines is 1. The van der Waals surface area contributed by atoms with Gasteiger partial charge in [-0.25, -0.2) is 0 Å². The minimum atomic E-state index is -0.156. The number of thioether (sulfide) groups is 1. The lowest BCUT2D eigenvalue weighted by Gasteiger charge is -2.21. The predicted octanol–water partition coefficient (Wildman–Crippen LogP) is 3.70. The van der Waals surface area contributed by atoms with Crippen molar-refractivity contribution >= 4 is 23.4 Å². The van der Waals surface area contributed by atoms with Crippen LogP contribution in [-0.4, -0.2) is 39.0 Å². The Bertz CT molecular complexity index is 951. The summed E-state index contributed by atoms with van der Waals surface area (Å²) in [7, 11) is 1.59. The molecular weight excluding hydrogens is 374 g/mol. The SMILES string of the molecule is COc1ccc(C(C)(C)C)cc1NC(=O)CSc1nnnn1-c1ccccc1. The van der Waals surface area contributed by atoms with E-state index in [-0.39, 0.29) is 17.1 Å². The summed E-state index contributed by atoms with van der Waals surface area (Å²) in [6, 6.07) is 15.4. The van der Waals surface area contributed by atoms with Gasteiger partial charge < -0.3 is 10.1 Å². The molecule has 0 aliphatic carbocycles. The first kappa shape index (κ1) is 19.9. The number of tetrazole rings is 1. The van der Waals surface area contributed by atoms with Crippen molar-refractivity contribution in [3.8, 4) is 11.4 Å². The fourth-order valence-electron chi connectivity index (χ4n) is 2.59. The Labute approximate surface area is 168 Å². The van der Waals surface area contributed by atoms with Gasteiger partial charge in [0.25, 0.3) is 0 Å². The van der Waals surface area contributed by atoms with E-state index in [1.807, 2.05) is 48.5 Å². The summed E-state index contributed by atoms with van der Waals surface area (Å²) >= 11 is 1.27. The van der Waals surface area contributed by atoms with Crippen molar-refractivity contribution in [3.63, 3.8) is 0 Å². The van der Waals surface area contributed by atoms with E-state index in [0.29, 0.717) is 16.6 Å². The Morgan fingerprint density at radius 1 is 1.18 bits per heavy atom. The molecule has 28 heavy (non-hydrogen) atoms. The lowest BCUT2D eigenvalue weighted by molar-refractivity contribution is -0.113. The molecule has 146 valence electrons. The highest BCUT2D eigenvalue weighted by molar-refractivity contribution is 7.99. The highest BCUT2D eigenvalue weighted by Crippen LogP contribution is 2.31. The van der Waals surface area contributed by atoms with E-state index < -0.39 is 0 Å². The second-order valence-corrected chi connectivity index (χ2v) is 8.15. The zero-order valence-electron chi connectivity index (χ0n) is 16.3. The van der Waals surface area contributed by atoms with Gasteiger partial charge in [0.05, 0.1) is 24.2 Å². The van der Waals surface area contributed by atoms with Gasteiger partial charge in [0.15, 0.2) is 0 Å². The molecule has 0 aliphatic heterocycles. The Morgan fingerprint density at radius 2 is 1.93 bits per heavy atom. The van der Waals surface area contributed by atoms with E-state index in [2.05, 4.69) is 41.6 Å². The maximum absolute atomic E-state index is 12.5. The lowest BCUT2D eigenvalue weighted by atomic mass is 9.87. The van der Waals surface area contributed by atoms with Gasteiger partial charge in [0.2, 0.25) is 11.1 Å². The van der Waals surface area contributed by atoms with Gasteiger partial charge in [0.1, 0.15) is 5.75 Å². The third kappa shape index (κ3) is 4.69. The summed E-state index contributed by atoms with van der Waals surface area (Å²) in [6.07, 6.45) is 0. The molecule has 0 spiro atoms. The van der Waals surface area contributed by atoms with Crippen molar-refractivity contribution in [3.05, 3.63) is 54.1 Å². The first-order chi connectivity index (χ1) is 13.4. The standard InChI is InChI=1S/C20H23N5O2S/c1-20(2,3)14-10-11-17(27-4)16(12-14)21-18(26)13-28-19-22-23-24-25(19)15-8-6-5-7-9-15/h5-12H,13H2,1-4H3,(H,21,26). The van der Waals surface area contributed by atoms with Crippen LogP contribution in [0.25, 0.3) is 5.69 Å². The van der Waals surface area contributed by atoms with Crippen molar-refractivity contribution in [2.75, 3.05) is 18.2 Å². The number of hydrogen-bond donors (Lipinski definition) is 1. The number of nitrogens with one attached hydrogen (secondary N) is 1. The number of ether oxygens (including phenoxy) is 1. The molecule has 0 radical (unpaired) electrons. The van der Waals surface area contributed by atoms with Crippen LogP contribution < -0.4 is 10.1 Å².